The second-order valence-corrected chi connectivity index (χ2v) is 3.93. The van der Waals surface area contributed by atoms with Crippen molar-refractivity contribution in [3.8, 4) is 5.75 Å². The maximum Gasteiger partial charge on any atom is 0.239 e. The predicted molar refractivity (Wildman–Crippen MR) is 66.3 cm³/mol. The molecule has 0 atom stereocenters. The Kier molecular flexibility index (Phi) is 3.42. The minimum atomic E-state index is -0.0613. The number of ether oxygens (including phenoxy) is 1. The molecule has 0 saturated carbocycles. The minimum absolute atomic E-state index is 0.0613. The van der Waals surface area contributed by atoms with Crippen molar-refractivity contribution < 1.29 is 9.53 Å². The van der Waals surface area contributed by atoms with Crippen molar-refractivity contribution in [1.29, 1.82) is 0 Å². The number of benzene rings is 1. The average Bonchev–Trinajstić information content (AvgIpc) is 2.78. The van der Waals surface area contributed by atoms with Gasteiger partial charge in [-0.2, -0.15) is 5.10 Å². The number of carbonyl (C=O) groups is 1. The fourth-order valence-corrected chi connectivity index (χ4v) is 1.99. The molecular formula is C13H16N2O2. The summed E-state index contributed by atoms with van der Waals surface area (Å²) in [4.78, 5) is 11.2. The van der Waals surface area contributed by atoms with Gasteiger partial charge in [0, 0.05) is 17.5 Å². The SMILES string of the molecule is CCC(=O)N/N=C1\CCc2c(OC)cccc21. The lowest BCUT2D eigenvalue weighted by Crippen LogP contribution is -2.17. The molecule has 0 saturated heterocycles. The molecular weight excluding hydrogens is 216 g/mol. The summed E-state index contributed by atoms with van der Waals surface area (Å²) in [7, 11) is 1.67. The summed E-state index contributed by atoms with van der Waals surface area (Å²) in [6.45, 7) is 1.81. The number of hydrazone groups is 1. The quantitative estimate of drug-likeness (QED) is 0.809. The van der Waals surface area contributed by atoms with Gasteiger partial charge in [0.25, 0.3) is 0 Å². The van der Waals surface area contributed by atoms with E-state index in [1.165, 1.54) is 5.56 Å². The Balaban J connectivity index is 2.25. The number of carbonyl (C=O) groups excluding carboxylic acids is 1. The van der Waals surface area contributed by atoms with E-state index in [0.717, 1.165) is 29.9 Å². The summed E-state index contributed by atoms with van der Waals surface area (Å²) < 4.78 is 5.31. The Labute approximate surface area is 101 Å². The van der Waals surface area contributed by atoms with Crippen LogP contribution in [0.1, 0.15) is 30.9 Å². The van der Waals surface area contributed by atoms with E-state index in [-0.39, 0.29) is 5.91 Å². The molecule has 1 aromatic rings. The summed E-state index contributed by atoms with van der Waals surface area (Å²) in [6, 6.07) is 5.91. The molecule has 4 nitrogen and oxygen atoms in total. The Hall–Kier alpha value is -1.84. The van der Waals surface area contributed by atoms with Crippen molar-refractivity contribution in [3.63, 3.8) is 0 Å². The summed E-state index contributed by atoms with van der Waals surface area (Å²) in [5.41, 5.74) is 5.76. The van der Waals surface area contributed by atoms with Gasteiger partial charge < -0.3 is 4.74 Å². The van der Waals surface area contributed by atoms with E-state index < -0.39 is 0 Å². The van der Waals surface area contributed by atoms with Gasteiger partial charge in [-0.05, 0) is 18.9 Å². The number of hydrogen-bond donors (Lipinski definition) is 1. The van der Waals surface area contributed by atoms with E-state index in [1.807, 2.05) is 18.2 Å². The van der Waals surface area contributed by atoms with E-state index in [1.54, 1.807) is 14.0 Å². The van der Waals surface area contributed by atoms with Crippen molar-refractivity contribution in [2.75, 3.05) is 7.11 Å². The van der Waals surface area contributed by atoms with Crippen LogP contribution in [0.3, 0.4) is 0 Å². The molecule has 0 aliphatic heterocycles. The van der Waals surface area contributed by atoms with Gasteiger partial charge in [-0.15, -0.1) is 0 Å². The molecule has 90 valence electrons. The molecule has 0 unspecified atom stereocenters. The summed E-state index contributed by atoms with van der Waals surface area (Å²) >= 11 is 0. The number of rotatable bonds is 3. The van der Waals surface area contributed by atoms with Crippen molar-refractivity contribution in [2.45, 2.75) is 26.2 Å². The third kappa shape index (κ3) is 2.30. The molecule has 1 N–H and O–H groups in total. The first kappa shape index (κ1) is 11.6. The molecule has 0 spiro atoms. The van der Waals surface area contributed by atoms with Crippen LogP contribution in [0.4, 0.5) is 0 Å². The summed E-state index contributed by atoms with van der Waals surface area (Å²) in [5, 5.41) is 4.17. The first-order chi connectivity index (χ1) is 8.26. The molecule has 0 heterocycles. The zero-order valence-corrected chi connectivity index (χ0v) is 10.1. The molecule has 17 heavy (non-hydrogen) atoms. The second kappa shape index (κ2) is 4.99. The van der Waals surface area contributed by atoms with Crippen LogP contribution in [-0.4, -0.2) is 18.7 Å². The smallest absolute Gasteiger partial charge is 0.239 e. The normalized spacial score (nSPS) is 15.8. The van der Waals surface area contributed by atoms with Crippen LogP contribution < -0.4 is 10.2 Å². The molecule has 1 aromatic carbocycles. The van der Waals surface area contributed by atoms with Gasteiger partial charge in [-0.1, -0.05) is 19.1 Å². The molecule has 0 fully saturated rings. The van der Waals surface area contributed by atoms with E-state index in [9.17, 15) is 4.79 Å². The topological polar surface area (TPSA) is 50.7 Å². The highest BCUT2D eigenvalue weighted by Crippen LogP contribution is 2.30. The third-order valence-electron chi connectivity index (χ3n) is 2.91. The summed E-state index contributed by atoms with van der Waals surface area (Å²) in [5.74, 6) is 0.836. The first-order valence-corrected chi connectivity index (χ1v) is 5.78. The number of hydrogen-bond acceptors (Lipinski definition) is 3. The van der Waals surface area contributed by atoms with E-state index in [4.69, 9.17) is 4.74 Å². The Bertz CT molecular complexity index is 466. The monoisotopic (exact) mass is 232 g/mol. The highest BCUT2D eigenvalue weighted by molar-refractivity contribution is 6.05. The maximum absolute atomic E-state index is 11.2. The maximum atomic E-state index is 11.2. The largest absolute Gasteiger partial charge is 0.496 e. The van der Waals surface area contributed by atoms with Gasteiger partial charge in [-0.3, -0.25) is 4.79 Å². The fraction of sp³-hybridized carbons (Fsp3) is 0.385. The molecule has 1 amide bonds. The average molecular weight is 232 g/mol. The molecule has 0 bridgehead atoms. The van der Waals surface area contributed by atoms with Gasteiger partial charge in [0.05, 0.1) is 12.8 Å². The molecule has 1 aliphatic rings. The van der Waals surface area contributed by atoms with E-state index in [0.29, 0.717) is 6.42 Å². The van der Waals surface area contributed by atoms with Crippen LogP contribution in [-0.2, 0) is 11.2 Å². The van der Waals surface area contributed by atoms with E-state index >= 15 is 0 Å². The van der Waals surface area contributed by atoms with Crippen LogP contribution in [0.2, 0.25) is 0 Å². The van der Waals surface area contributed by atoms with Crippen LogP contribution >= 0.6 is 0 Å². The standard InChI is InChI=1S/C13H16N2O2/c1-3-13(16)15-14-11-8-7-10-9(11)5-4-6-12(10)17-2/h4-6H,3,7-8H2,1-2H3,(H,15,16)/b14-11+. The van der Waals surface area contributed by atoms with Crippen LogP contribution in [0.5, 0.6) is 5.75 Å². The zero-order chi connectivity index (χ0) is 12.3. The zero-order valence-electron chi connectivity index (χ0n) is 10.1. The first-order valence-electron chi connectivity index (χ1n) is 5.78. The fourth-order valence-electron chi connectivity index (χ4n) is 1.99. The predicted octanol–water partition coefficient (Wildman–Crippen LogP) is 1.87. The molecule has 0 aromatic heterocycles. The molecule has 4 heteroatoms. The van der Waals surface area contributed by atoms with Crippen LogP contribution in [0, 0.1) is 0 Å². The second-order valence-electron chi connectivity index (χ2n) is 3.93. The van der Waals surface area contributed by atoms with Gasteiger partial charge >= 0.3 is 0 Å². The van der Waals surface area contributed by atoms with Gasteiger partial charge in [0.2, 0.25) is 5.91 Å². The van der Waals surface area contributed by atoms with Gasteiger partial charge in [0.1, 0.15) is 5.75 Å². The lowest BCUT2D eigenvalue weighted by Gasteiger charge is -2.06. The van der Waals surface area contributed by atoms with Crippen molar-refractivity contribution >= 4 is 11.6 Å². The number of fused-ring (bicyclic) bond motifs is 1. The number of nitrogens with one attached hydrogen (secondary N) is 1. The van der Waals surface area contributed by atoms with Crippen molar-refractivity contribution in [1.82, 2.24) is 5.43 Å². The van der Waals surface area contributed by atoms with Gasteiger partial charge in [-0.25, -0.2) is 5.43 Å². The highest BCUT2D eigenvalue weighted by Gasteiger charge is 2.21. The van der Waals surface area contributed by atoms with Crippen molar-refractivity contribution in [3.05, 3.63) is 29.3 Å². The number of amides is 1. The van der Waals surface area contributed by atoms with E-state index in [2.05, 4.69) is 10.5 Å². The third-order valence-corrected chi connectivity index (χ3v) is 2.91. The molecule has 0 radical (unpaired) electrons. The van der Waals surface area contributed by atoms with Crippen LogP contribution in [0.25, 0.3) is 0 Å². The summed E-state index contributed by atoms with van der Waals surface area (Å²) in [6.07, 6.45) is 2.21. The Morgan fingerprint density at radius 1 is 1.47 bits per heavy atom. The Morgan fingerprint density at radius 3 is 3.00 bits per heavy atom. The molecule has 2 rings (SSSR count). The minimum Gasteiger partial charge on any atom is -0.496 e. The van der Waals surface area contributed by atoms with Gasteiger partial charge in [0.15, 0.2) is 0 Å². The lowest BCUT2D eigenvalue weighted by atomic mass is 10.1. The lowest BCUT2D eigenvalue weighted by molar-refractivity contribution is -0.120. The molecule has 1 aliphatic carbocycles. The highest BCUT2D eigenvalue weighted by atomic mass is 16.5. The number of methoxy groups -OCH3 is 1. The Morgan fingerprint density at radius 2 is 2.29 bits per heavy atom. The number of nitrogens with zero attached hydrogens (tertiary/aromatic N) is 1. The van der Waals surface area contributed by atoms with Crippen molar-refractivity contribution in [2.24, 2.45) is 5.10 Å². The van der Waals surface area contributed by atoms with Crippen LogP contribution in [0.15, 0.2) is 23.3 Å².